The molecular weight excluding hydrogens is 416 g/mol. The molecule has 0 saturated heterocycles. The van der Waals surface area contributed by atoms with Crippen LogP contribution in [-0.4, -0.2) is 25.5 Å². The van der Waals surface area contributed by atoms with Gasteiger partial charge in [-0.2, -0.15) is 0 Å². The summed E-state index contributed by atoms with van der Waals surface area (Å²) in [5, 5.41) is 4.22. The van der Waals surface area contributed by atoms with Gasteiger partial charge in [-0.25, -0.2) is 0 Å². The monoisotopic (exact) mass is 429 g/mol. The normalized spacial score (nSPS) is 9.91. The van der Waals surface area contributed by atoms with Gasteiger partial charge in [-0.05, 0) is 41.9 Å². The fourth-order valence-electron chi connectivity index (χ4n) is 1.31. The van der Waals surface area contributed by atoms with E-state index in [0.717, 1.165) is 5.71 Å². The number of halogens is 4. The van der Waals surface area contributed by atoms with Crippen molar-refractivity contribution < 1.29 is 14.3 Å². The third-order valence-corrected chi connectivity index (χ3v) is 3.31. The van der Waals surface area contributed by atoms with Crippen LogP contribution in [0.3, 0.4) is 0 Å². The Morgan fingerprint density at radius 1 is 1.23 bits per heavy atom. The van der Waals surface area contributed by atoms with Gasteiger partial charge >= 0.3 is 0 Å². The van der Waals surface area contributed by atoms with Gasteiger partial charge in [0.25, 0.3) is 0 Å². The first-order chi connectivity index (χ1) is 10.4. The second kappa shape index (κ2) is 10.2. The Hall–Kier alpha value is -0.620. The maximum Gasteiger partial charge on any atom is 0.152 e. The van der Waals surface area contributed by atoms with E-state index in [1.54, 1.807) is 12.1 Å². The first-order valence-electron chi connectivity index (χ1n) is 6.29. The summed E-state index contributed by atoms with van der Waals surface area (Å²) >= 11 is 20.6. The molecule has 0 heterocycles. The summed E-state index contributed by atoms with van der Waals surface area (Å²) < 4.78 is 11.8. The molecule has 0 aromatic heterocycles. The van der Waals surface area contributed by atoms with Gasteiger partial charge < -0.3 is 14.3 Å². The van der Waals surface area contributed by atoms with Crippen molar-refractivity contribution in [3.63, 3.8) is 0 Å². The van der Waals surface area contributed by atoms with Gasteiger partial charge in [0, 0.05) is 6.07 Å². The van der Waals surface area contributed by atoms with Crippen molar-refractivity contribution in [2.45, 2.75) is 13.8 Å². The van der Waals surface area contributed by atoms with Crippen molar-refractivity contribution in [2.24, 2.45) is 5.16 Å². The molecule has 0 amide bonds. The van der Waals surface area contributed by atoms with Gasteiger partial charge in [0.05, 0.1) is 15.2 Å². The number of hydrogen-bond donors (Lipinski definition) is 0. The molecule has 4 nitrogen and oxygen atoms in total. The minimum Gasteiger partial charge on any atom is -0.489 e. The average Bonchev–Trinajstić information content (AvgIpc) is 2.40. The van der Waals surface area contributed by atoms with Crippen LogP contribution in [0, 0.1) is 0 Å². The summed E-state index contributed by atoms with van der Waals surface area (Å²) in [5.74, 6) is 1.08. The predicted octanol–water partition coefficient (Wildman–Crippen LogP) is 5.59. The molecule has 22 heavy (non-hydrogen) atoms. The summed E-state index contributed by atoms with van der Waals surface area (Å²) in [6.07, 6.45) is 1.53. The molecule has 0 unspecified atom stereocenters. The number of nitrogens with zero attached hydrogens (tertiary/aromatic N) is 1. The van der Waals surface area contributed by atoms with Gasteiger partial charge in [0.2, 0.25) is 0 Å². The van der Waals surface area contributed by atoms with E-state index in [2.05, 4.69) is 21.1 Å². The highest BCUT2D eigenvalue weighted by molar-refractivity contribution is 9.10. The molecule has 0 N–H and O–H groups in total. The van der Waals surface area contributed by atoms with Gasteiger partial charge in [-0.3, -0.25) is 0 Å². The van der Waals surface area contributed by atoms with Crippen LogP contribution in [0.25, 0.3) is 0 Å². The molecular formula is C14H15BrCl3NO3. The number of rotatable bonds is 8. The van der Waals surface area contributed by atoms with Crippen LogP contribution in [-0.2, 0) is 4.84 Å². The third-order valence-electron chi connectivity index (χ3n) is 2.13. The minimum atomic E-state index is 0.148. The van der Waals surface area contributed by atoms with Crippen LogP contribution in [0.5, 0.6) is 11.5 Å². The van der Waals surface area contributed by atoms with Gasteiger partial charge in [0.1, 0.15) is 23.5 Å². The van der Waals surface area contributed by atoms with Crippen molar-refractivity contribution in [3.8, 4) is 11.5 Å². The molecule has 0 fully saturated rings. The van der Waals surface area contributed by atoms with Crippen LogP contribution in [0.2, 0.25) is 5.02 Å². The molecule has 1 rings (SSSR count). The van der Waals surface area contributed by atoms with Gasteiger partial charge in [-0.1, -0.05) is 40.0 Å². The van der Waals surface area contributed by atoms with Crippen molar-refractivity contribution in [1.82, 2.24) is 0 Å². The second-order valence-electron chi connectivity index (χ2n) is 4.24. The van der Waals surface area contributed by atoms with Crippen molar-refractivity contribution in [2.75, 3.05) is 19.8 Å². The molecule has 0 spiro atoms. The largest absolute Gasteiger partial charge is 0.489 e. The van der Waals surface area contributed by atoms with E-state index in [-0.39, 0.29) is 11.1 Å². The highest BCUT2D eigenvalue weighted by Crippen LogP contribution is 2.37. The van der Waals surface area contributed by atoms with E-state index < -0.39 is 0 Å². The van der Waals surface area contributed by atoms with E-state index in [9.17, 15) is 0 Å². The standard InChI is InChI=1S/C14H15BrCl3NO3/c1-9(2)19-22-6-5-21-14-11(15)7-10(8-12(14)16)20-4-3-13(17)18/h3,7-8H,4-6H2,1-2H3. The fourth-order valence-corrected chi connectivity index (χ4v) is 2.37. The van der Waals surface area contributed by atoms with Crippen molar-refractivity contribution in [3.05, 3.63) is 32.2 Å². The summed E-state index contributed by atoms with van der Waals surface area (Å²) in [6.45, 7) is 4.58. The summed E-state index contributed by atoms with van der Waals surface area (Å²) in [7, 11) is 0. The van der Waals surface area contributed by atoms with E-state index >= 15 is 0 Å². The molecule has 1 aromatic rings. The lowest BCUT2D eigenvalue weighted by Gasteiger charge is -2.12. The van der Waals surface area contributed by atoms with Gasteiger partial charge in [0.15, 0.2) is 12.4 Å². The quantitative estimate of drug-likeness (QED) is 0.306. The smallest absolute Gasteiger partial charge is 0.152 e. The zero-order valence-electron chi connectivity index (χ0n) is 12.0. The lowest BCUT2D eigenvalue weighted by Crippen LogP contribution is -2.06. The Morgan fingerprint density at radius 3 is 2.55 bits per heavy atom. The maximum absolute atomic E-state index is 6.17. The molecule has 0 radical (unpaired) electrons. The van der Waals surface area contributed by atoms with Gasteiger partial charge in [-0.15, -0.1) is 0 Å². The lowest BCUT2D eigenvalue weighted by molar-refractivity contribution is 0.106. The summed E-state index contributed by atoms with van der Waals surface area (Å²) in [4.78, 5) is 5.04. The first-order valence-corrected chi connectivity index (χ1v) is 8.21. The van der Waals surface area contributed by atoms with Crippen molar-refractivity contribution >= 4 is 56.4 Å². The van der Waals surface area contributed by atoms with Crippen LogP contribution < -0.4 is 9.47 Å². The Labute approximate surface area is 153 Å². The Bertz CT molecular complexity index is 533. The van der Waals surface area contributed by atoms with E-state index in [1.165, 1.54) is 6.08 Å². The highest BCUT2D eigenvalue weighted by atomic mass is 79.9. The van der Waals surface area contributed by atoms with E-state index in [1.807, 2.05) is 13.8 Å². The molecule has 0 aliphatic heterocycles. The number of hydrogen-bond acceptors (Lipinski definition) is 4. The minimum absolute atomic E-state index is 0.148. The molecule has 0 saturated carbocycles. The van der Waals surface area contributed by atoms with Crippen LogP contribution >= 0.6 is 50.7 Å². The molecule has 122 valence electrons. The Balaban J connectivity index is 2.58. The Morgan fingerprint density at radius 2 is 1.95 bits per heavy atom. The van der Waals surface area contributed by atoms with Crippen molar-refractivity contribution in [1.29, 1.82) is 0 Å². The molecule has 0 aliphatic rings. The summed E-state index contributed by atoms with van der Waals surface area (Å²) in [5.41, 5.74) is 0.840. The second-order valence-corrected chi connectivity index (χ2v) is 6.51. The molecule has 0 bridgehead atoms. The first kappa shape index (κ1) is 19.4. The fraction of sp³-hybridized carbons (Fsp3) is 0.357. The number of benzene rings is 1. The Kier molecular flexibility index (Phi) is 9.02. The van der Waals surface area contributed by atoms with Crippen LogP contribution in [0.15, 0.2) is 32.3 Å². The number of ether oxygens (including phenoxy) is 2. The van der Waals surface area contributed by atoms with Crippen LogP contribution in [0.1, 0.15) is 13.8 Å². The SMILES string of the molecule is CC(C)=NOCCOc1c(Cl)cc(OCC=C(Cl)Cl)cc1Br. The topological polar surface area (TPSA) is 40.0 Å². The van der Waals surface area contributed by atoms with Crippen LogP contribution in [0.4, 0.5) is 0 Å². The van der Waals surface area contributed by atoms with E-state index in [4.69, 9.17) is 49.1 Å². The maximum atomic E-state index is 6.17. The molecule has 8 heteroatoms. The third kappa shape index (κ3) is 7.58. The molecule has 0 aliphatic carbocycles. The average molecular weight is 432 g/mol. The summed E-state index contributed by atoms with van der Waals surface area (Å²) in [6, 6.07) is 3.39. The van der Waals surface area contributed by atoms with E-state index in [0.29, 0.717) is 34.2 Å². The highest BCUT2D eigenvalue weighted by Gasteiger charge is 2.10. The lowest BCUT2D eigenvalue weighted by atomic mass is 10.3. The molecule has 1 aromatic carbocycles. The molecule has 0 atom stereocenters. The zero-order valence-corrected chi connectivity index (χ0v) is 15.9. The number of oxime groups is 1. The zero-order chi connectivity index (χ0) is 16.5. The predicted molar refractivity (Wildman–Crippen MR) is 94.7 cm³/mol.